The molecule has 0 aromatic heterocycles. The molecule has 7 heteroatoms. The topological polar surface area (TPSA) is 112 Å². The van der Waals surface area contributed by atoms with Crippen molar-refractivity contribution in [3.05, 3.63) is 77.4 Å². The van der Waals surface area contributed by atoms with E-state index in [0.717, 1.165) is 47.2 Å². The van der Waals surface area contributed by atoms with Crippen LogP contribution in [0.5, 0.6) is 0 Å². The summed E-state index contributed by atoms with van der Waals surface area (Å²) in [6.07, 6.45) is 4.42. The Bertz CT molecular complexity index is 1210. The van der Waals surface area contributed by atoms with Crippen LogP contribution in [0.15, 0.2) is 65.7 Å². The zero-order valence-electron chi connectivity index (χ0n) is 19.9. The minimum atomic E-state index is -1.10. The fourth-order valence-corrected chi connectivity index (χ4v) is 5.30. The predicted molar refractivity (Wildman–Crippen MR) is 133 cm³/mol. The third-order valence-corrected chi connectivity index (χ3v) is 7.43. The summed E-state index contributed by atoms with van der Waals surface area (Å²) in [5, 5.41) is 19.0. The Morgan fingerprint density at radius 2 is 1.89 bits per heavy atom. The van der Waals surface area contributed by atoms with Crippen molar-refractivity contribution in [3.63, 3.8) is 0 Å². The van der Waals surface area contributed by atoms with Crippen molar-refractivity contribution in [2.24, 2.45) is 10.7 Å². The fraction of sp³-hybridized carbons (Fsp3) is 0.393. The van der Waals surface area contributed by atoms with Crippen molar-refractivity contribution in [1.29, 1.82) is 5.26 Å². The Balaban J connectivity index is 1.61. The summed E-state index contributed by atoms with van der Waals surface area (Å²) in [7, 11) is 0. The van der Waals surface area contributed by atoms with Crippen LogP contribution in [0.1, 0.15) is 49.3 Å². The van der Waals surface area contributed by atoms with Gasteiger partial charge in [-0.25, -0.2) is 4.99 Å². The van der Waals surface area contributed by atoms with Gasteiger partial charge in [-0.3, -0.25) is 4.79 Å². The second-order valence-corrected chi connectivity index (χ2v) is 9.74. The number of carbonyl (C=O) groups excluding carboxylic acids is 1. The minimum Gasteiger partial charge on any atom is -0.396 e. The second-order valence-electron chi connectivity index (χ2n) is 9.74. The highest BCUT2D eigenvalue weighted by Gasteiger charge is 2.51. The summed E-state index contributed by atoms with van der Waals surface area (Å²) in [5.41, 5.74) is 9.85. The van der Waals surface area contributed by atoms with Crippen molar-refractivity contribution in [1.82, 2.24) is 4.90 Å². The van der Waals surface area contributed by atoms with E-state index in [-0.39, 0.29) is 31.0 Å². The molecular weight excluding hydrogens is 440 g/mol. The molecule has 3 N–H and O–H groups in total. The number of dihydropyridines is 1. The highest BCUT2D eigenvalue weighted by Crippen LogP contribution is 2.41. The molecule has 2 heterocycles. The van der Waals surface area contributed by atoms with E-state index in [1.807, 2.05) is 55.5 Å². The maximum atomic E-state index is 13.1. The van der Waals surface area contributed by atoms with E-state index in [4.69, 9.17) is 15.5 Å². The van der Waals surface area contributed by atoms with Crippen LogP contribution >= 0.6 is 0 Å². The van der Waals surface area contributed by atoms with E-state index in [2.05, 4.69) is 18.2 Å². The highest BCUT2D eigenvalue weighted by molar-refractivity contribution is 6.32. The number of morpholine rings is 1. The number of aliphatic hydroxyl groups excluding tert-OH is 1. The number of nitrogens with zero attached hydrogens (tertiary/aromatic N) is 3. The molecule has 3 aliphatic rings. The van der Waals surface area contributed by atoms with E-state index < -0.39 is 17.9 Å². The van der Waals surface area contributed by atoms with E-state index in [0.29, 0.717) is 0 Å². The molecule has 0 radical (unpaired) electrons. The summed E-state index contributed by atoms with van der Waals surface area (Å²) in [6, 6.07) is 19.7. The molecule has 180 valence electrons. The molecule has 0 bridgehead atoms. The number of allylic oxidation sites excluding steroid dienone is 1. The van der Waals surface area contributed by atoms with Gasteiger partial charge in [0.1, 0.15) is 18.7 Å². The van der Waals surface area contributed by atoms with E-state index in [1.54, 1.807) is 0 Å². The van der Waals surface area contributed by atoms with Gasteiger partial charge in [0.15, 0.2) is 5.72 Å². The standard InChI is InChI=1S/C28H30N4O3/c1-27-24(32(16-15-29)26(34)23(35-27)12-17-33)18-22(19-6-3-2-4-7-19)25(31-27)20-8-10-21(11-9-20)28(30)13-5-14-28/h2-4,6-11,18,23-24,33H,5,12-14,16-17,30H2,1H3. The molecule has 1 aliphatic carbocycles. The van der Waals surface area contributed by atoms with Gasteiger partial charge in [-0.05, 0) is 43.4 Å². The molecular formula is C28H30N4O3. The summed E-state index contributed by atoms with van der Waals surface area (Å²) >= 11 is 0. The average Bonchev–Trinajstić information content (AvgIpc) is 2.85. The zero-order chi connectivity index (χ0) is 24.6. The first-order chi connectivity index (χ1) is 16.9. The molecule has 35 heavy (non-hydrogen) atoms. The number of ether oxygens (including phenoxy) is 1. The van der Waals surface area contributed by atoms with Gasteiger partial charge in [0.25, 0.3) is 5.91 Å². The van der Waals surface area contributed by atoms with Gasteiger partial charge in [-0.2, -0.15) is 5.26 Å². The first-order valence-electron chi connectivity index (χ1n) is 12.1. The minimum absolute atomic E-state index is 0.0823. The van der Waals surface area contributed by atoms with Crippen LogP contribution in [-0.4, -0.2) is 52.6 Å². The number of amides is 1. The lowest BCUT2D eigenvalue weighted by Gasteiger charge is -2.48. The molecule has 3 atom stereocenters. The van der Waals surface area contributed by atoms with Crippen molar-refractivity contribution in [2.75, 3.05) is 13.2 Å². The third kappa shape index (κ3) is 4.08. The number of nitriles is 1. The summed E-state index contributed by atoms with van der Waals surface area (Å²) in [4.78, 5) is 19.7. The third-order valence-electron chi connectivity index (χ3n) is 7.43. The van der Waals surface area contributed by atoms with Crippen LogP contribution in [-0.2, 0) is 15.1 Å². The normalized spacial score (nSPS) is 27.3. The van der Waals surface area contributed by atoms with Gasteiger partial charge in [0.05, 0.1) is 11.8 Å². The zero-order valence-corrected chi connectivity index (χ0v) is 19.9. The van der Waals surface area contributed by atoms with Gasteiger partial charge < -0.3 is 20.5 Å². The summed E-state index contributed by atoms with van der Waals surface area (Å²) in [5.74, 6) is -0.302. The Hall–Kier alpha value is -3.31. The van der Waals surface area contributed by atoms with Crippen LogP contribution in [0.4, 0.5) is 0 Å². The van der Waals surface area contributed by atoms with Crippen LogP contribution in [0.2, 0.25) is 0 Å². The largest absolute Gasteiger partial charge is 0.396 e. The maximum absolute atomic E-state index is 13.1. The van der Waals surface area contributed by atoms with Crippen molar-refractivity contribution in [3.8, 4) is 6.07 Å². The monoisotopic (exact) mass is 470 g/mol. The van der Waals surface area contributed by atoms with Crippen molar-refractivity contribution >= 4 is 17.2 Å². The quantitative estimate of drug-likeness (QED) is 0.630. The number of hydrogen-bond donors (Lipinski definition) is 2. The molecule has 2 aromatic rings. The fourth-order valence-electron chi connectivity index (χ4n) is 5.30. The SMILES string of the molecule is CC12N=C(c3ccc(C4(N)CCC4)cc3)C(c3ccccc3)=CC1N(CC#N)C(=O)C(CCO)O2. The Morgan fingerprint density at radius 3 is 2.49 bits per heavy atom. The molecule has 3 unspecified atom stereocenters. The lowest BCUT2D eigenvalue weighted by Crippen LogP contribution is -2.64. The predicted octanol–water partition coefficient (Wildman–Crippen LogP) is 3.13. The van der Waals surface area contributed by atoms with Gasteiger partial charge in [-0.15, -0.1) is 0 Å². The second kappa shape index (κ2) is 9.04. The molecule has 2 aromatic carbocycles. The molecule has 1 saturated carbocycles. The molecule has 1 amide bonds. The van der Waals surface area contributed by atoms with Crippen LogP contribution in [0.25, 0.3) is 5.57 Å². The van der Waals surface area contributed by atoms with Gasteiger partial charge >= 0.3 is 0 Å². The number of hydrogen-bond acceptors (Lipinski definition) is 6. The number of rotatable bonds is 6. The lowest BCUT2D eigenvalue weighted by molar-refractivity contribution is -0.188. The lowest BCUT2D eigenvalue weighted by atomic mass is 9.72. The van der Waals surface area contributed by atoms with Crippen LogP contribution in [0.3, 0.4) is 0 Å². The Labute approximate surface area is 205 Å². The highest BCUT2D eigenvalue weighted by atomic mass is 16.5. The maximum Gasteiger partial charge on any atom is 0.253 e. The van der Waals surface area contributed by atoms with Crippen molar-refractivity contribution < 1.29 is 14.6 Å². The first kappa shape index (κ1) is 23.4. The average molecular weight is 471 g/mol. The number of aliphatic imine (C=N–C) groups is 1. The van der Waals surface area contributed by atoms with E-state index in [9.17, 15) is 15.2 Å². The van der Waals surface area contributed by atoms with E-state index in [1.165, 1.54) is 4.90 Å². The summed E-state index contributed by atoms with van der Waals surface area (Å²) in [6.45, 7) is 1.57. The van der Waals surface area contributed by atoms with Crippen molar-refractivity contribution in [2.45, 2.75) is 56.0 Å². The summed E-state index contributed by atoms with van der Waals surface area (Å²) < 4.78 is 6.23. The van der Waals surface area contributed by atoms with Crippen LogP contribution in [0, 0.1) is 11.3 Å². The Morgan fingerprint density at radius 1 is 1.17 bits per heavy atom. The van der Waals surface area contributed by atoms with Gasteiger partial charge in [-0.1, -0.05) is 54.6 Å². The molecule has 5 rings (SSSR count). The number of aliphatic hydroxyl groups is 1. The van der Waals surface area contributed by atoms with Crippen LogP contribution < -0.4 is 5.73 Å². The molecule has 1 saturated heterocycles. The number of carbonyl (C=O) groups is 1. The molecule has 7 nitrogen and oxygen atoms in total. The molecule has 2 aliphatic heterocycles. The Kier molecular flexibility index (Phi) is 6.06. The van der Waals surface area contributed by atoms with Gasteiger partial charge in [0, 0.05) is 29.7 Å². The molecule has 0 spiro atoms. The van der Waals surface area contributed by atoms with Gasteiger partial charge in [0.2, 0.25) is 0 Å². The molecule has 2 fully saturated rings. The number of nitrogens with two attached hydrogens (primary N) is 1. The first-order valence-corrected chi connectivity index (χ1v) is 12.1. The smallest absolute Gasteiger partial charge is 0.253 e. The van der Waals surface area contributed by atoms with E-state index >= 15 is 0 Å². The number of fused-ring (bicyclic) bond motifs is 1. The number of benzene rings is 2.